The number of nitrogens with two attached hydrogens (primary N) is 1. The second-order valence-electron chi connectivity index (χ2n) is 8.26. The van der Waals surface area contributed by atoms with E-state index in [1.54, 1.807) is 38.7 Å². The van der Waals surface area contributed by atoms with Gasteiger partial charge in [0.25, 0.3) is 0 Å². The number of aryl methyl sites for hydroxylation is 1. The molecular weight excluding hydrogens is 429 g/mol. The van der Waals surface area contributed by atoms with Gasteiger partial charge in [-0.1, -0.05) is 11.8 Å². The number of carbonyl (C=O) groups is 2. The lowest BCUT2D eigenvalue weighted by atomic mass is 10.1. The second-order valence-corrected chi connectivity index (χ2v) is 8.26. The second kappa shape index (κ2) is 8.78. The maximum Gasteiger partial charge on any atom is 0.415 e. The number of amides is 1. The van der Waals surface area contributed by atoms with E-state index in [-0.39, 0.29) is 22.8 Å². The summed E-state index contributed by atoms with van der Waals surface area (Å²) in [4.78, 5) is 34.2. The van der Waals surface area contributed by atoms with Crippen molar-refractivity contribution in [3.63, 3.8) is 0 Å². The predicted molar refractivity (Wildman–Crippen MR) is 121 cm³/mol. The highest BCUT2D eigenvalue weighted by Gasteiger charge is 2.25. The number of nitrogens with zero attached hydrogens (tertiary/aromatic N) is 4. The minimum absolute atomic E-state index is 0.0351. The molecule has 0 aliphatic rings. The zero-order valence-corrected chi connectivity index (χ0v) is 19.2. The molecule has 0 unspecified atom stereocenters. The number of rotatable bonds is 2. The van der Waals surface area contributed by atoms with Crippen LogP contribution in [-0.4, -0.2) is 46.4 Å². The van der Waals surface area contributed by atoms with Crippen molar-refractivity contribution in [2.24, 2.45) is 7.05 Å². The van der Waals surface area contributed by atoms with Gasteiger partial charge in [0.15, 0.2) is 5.82 Å². The van der Waals surface area contributed by atoms with Crippen LogP contribution in [0.4, 0.5) is 20.8 Å². The van der Waals surface area contributed by atoms with Gasteiger partial charge >= 0.3 is 12.1 Å². The molecule has 0 atom stereocenters. The van der Waals surface area contributed by atoms with E-state index in [1.807, 2.05) is 0 Å². The van der Waals surface area contributed by atoms with E-state index >= 15 is 0 Å². The van der Waals surface area contributed by atoms with Gasteiger partial charge in [-0.3, -0.25) is 4.90 Å². The van der Waals surface area contributed by atoms with Crippen molar-refractivity contribution in [2.45, 2.75) is 26.4 Å². The Morgan fingerprint density at radius 2 is 1.91 bits per heavy atom. The van der Waals surface area contributed by atoms with Gasteiger partial charge in [0.2, 0.25) is 0 Å². The fraction of sp³-hybridized carbons (Fsp3) is 0.304. The highest BCUT2D eigenvalue weighted by atomic mass is 19.1. The van der Waals surface area contributed by atoms with Crippen molar-refractivity contribution in [2.75, 3.05) is 24.8 Å². The molecule has 0 saturated carbocycles. The van der Waals surface area contributed by atoms with Crippen LogP contribution in [0.2, 0.25) is 0 Å². The highest BCUT2D eigenvalue weighted by molar-refractivity contribution is 6.00. The van der Waals surface area contributed by atoms with E-state index < -0.39 is 23.5 Å². The Labute approximate surface area is 190 Å². The molecule has 9 nitrogen and oxygen atoms in total. The molecule has 3 aromatic rings. The maximum absolute atomic E-state index is 14.0. The zero-order chi connectivity index (χ0) is 24.5. The molecule has 10 heteroatoms. The smallest absolute Gasteiger partial charge is 0.415 e. The average molecular weight is 453 g/mol. The van der Waals surface area contributed by atoms with Gasteiger partial charge in [-0.15, -0.1) is 0 Å². The number of nitrogen functional groups attached to an aromatic ring is 1. The van der Waals surface area contributed by atoms with Crippen LogP contribution in [0.3, 0.4) is 0 Å². The Hall–Kier alpha value is -4.13. The van der Waals surface area contributed by atoms with Crippen LogP contribution in [0.5, 0.6) is 0 Å². The lowest BCUT2D eigenvalue weighted by molar-refractivity contribution is 0.0583. The van der Waals surface area contributed by atoms with Gasteiger partial charge in [-0.05, 0) is 39.0 Å². The zero-order valence-electron chi connectivity index (χ0n) is 19.2. The monoisotopic (exact) mass is 453 g/mol. The molecule has 2 aromatic heterocycles. The van der Waals surface area contributed by atoms with E-state index in [0.717, 1.165) is 6.07 Å². The van der Waals surface area contributed by atoms with Crippen LogP contribution in [0.1, 0.15) is 42.3 Å². The Balaban J connectivity index is 2.10. The average Bonchev–Trinajstić information content (AvgIpc) is 3.11. The van der Waals surface area contributed by atoms with Crippen LogP contribution in [0.25, 0.3) is 11.0 Å². The number of hydrogen-bond donors (Lipinski definition) is 1. The summed E-state index contributed by atoms with van der Waals surface area (Å²) in [6.07, 6.45) is 0.927. The minimum atomic E-state index is -0.695. The summed E-state index contributed by atoms with van der Waals surface area (Å²) in [6.45, 7) is 5.27. The molecule has 1 amide bonds. The largest absolute Gasteiger partial charge is 0.465 e. The van der Waals surface area contributed by atoms with Crippen LogP contribution in [0.15, 0.2) is 24.5 Å². The lowest BCUT2D eigenvalue weighted by Gasteiger charge is -2.24. The number of aromatic nitrogens is 3. The number of hydrogen-bond acceptors (Lipinski definition) is 7. The highest BCUT2D eigenvalue weighted by Crippen LogP contribution is 2.29. The molecule has 2 heterocycles. The van der Waals surface area contributed by atoms with Gasteiger partial charge in [0.05, 0.1) is 30.1 Å². The van der Waals surface area contributed by atoms with Gasteiger partial charge in [0.1, 0.15) is 22.8 Å². The van der Waals surface area contributed by atoms with Crippen LogP contribution < -0.4 is 10.6 Å². The first kappa shape index (κ1) is 23.5. The van der Waals surface area contributed by atoms with E-state index in [1.165, 1.54) is 31.2 Å². The predicted octanol–water partition coefficient (Wildman–Crippen LogP) is 3.25. The van der Waals surface area contributed by atoms with Crippen molar-refractivity contribution in [3.05, 3.63) is 47.0 Å². The number of fused-ring (bicyclic) bond motifs is 1. The van der Waals surface area contributed by atoms with Gasteiger partial charge < -0.3 is 19.8 Å². The first-order chi connectivity index (χ1) is 15.4. The molecule has 3 rings (SSSR count). The van der Waals surface area contributed by atoms with Crippen molar-refractivity contribution in [1.29, 1.82) is 0 Å². The lowest BCUT2D eigenvalue weighted by Crippen LogP contribution is -2.34. The number of carbonyl (C=O) groups excluding carboxylic acids is 2. The summed E-state index contributed by atoms with van der Waals surface area (Å²) in [5, 5.41) is 0. The Morgan fingerprint density at radius 3 is 2.55 bits per heavy atom. The normalized spacial score (nSPS) is 11.0. The van der Waals surface area contributed by atoms with Crippen LogP contribution in [0, 0.1) is 17.7 Å². The van der Waals surface area contributed by atoms with Crippen molar-refractivity contribution >= 4 is 34.7 Å². The van der Waals surface area contributed by atoms with E-state index in [2.05, 4.69) is 26.5 Å². The molecule has 0 aliphatic heterocycles. The van der Waals surface area contributed by atoms with Crippen molar-refractivity contribution in [3.8, 4) is 11.8 Å². The topological polar surface area (TPSA) is 113 Å². The van der Waals surface area contributed by atoms with Gasteiger partial charge in [-0.25, -0.2) is 23.9 Å². The third-order valence-electron chi connectivity index (χ3n) is 4.50. The number of anilines is 2. The fourth-order valence-electron chi connectivity index (χ4n) is 3.04. The number of imidazole rings is 1. The summed E-state index contributed by atoms with van der Waals surface area (Å²) in [5.41, 5.74) is 7.05. The van der Waals surface area contributed by atoms with Gasteiger partial charge in [-0.2, -0.15) is 0 Å². The molecule has 0 spiro atoms. The Bertz CT molecular complexity index is 1310. The first-order valence-corrected chi connectivity index (χ1v) is 9.89. The number of pyridine rings is 1. The molecular formula is C23H24FN5O4. The van der Waals surface area contributed by atoms with E-state index in [0.29, 0.717) is 16.6 Å². The molecule has 0 aliphatic carbocycles. The van der Waals surface area contributed by atoms with Crippen LogP contribution in [-0.2, 0) is 16.5 Å². The summed E-state index contributed by atoms with van der Waals surface area (Å²) < 4.78 is 25.7. The fourth-order valence-corrected chi connectivity index (χ4v) is 3.04. The molecule has 33 heavy (non-hydrogen) atoms. The number of methoxy groups -OCH3 is 1. The number of ether oxygens (including phenoxy) is 2. The third kappa shape index (κ3) is 5.03. The number of halogens is 1. The van der Waals surface area contributed by atoms with Crippen molar-refractivity contribution < 1.29 is 23.5 Å². The molecule has 1 aromatic carbocycles. The third-order valence-corrected chi connectivity index (χ3v) is 4.50. The van der Waals surface area contributed by atoms with Crippen LogP contribution >= 0.6 is 0 Å². The number of benzene rings is 1. The SMILES string of the molecule is COC(=O)c1cc(F)cc(C#Cc2c(N)nc(N(C)C(=O)OC(C)(C)C)c3ncn(C)c23)c1. The summed E-state index contributed by atoms with van der Waals surface area (Å²) in [5.74, 6) is 4.65. The summed E-state index contributed by atoms with van der Waals surface area (Å²) in [7, 11) is 4.46. The minimum Gasteiger partial charge on any atom is -0.465 e. The Morgan fingerprint density at radius 1 is 1.21 bits per heavy atom. The summed E-state index contributed by atoms with van der Waals surface area (Å²) in [6, 6.07) is 3.67. The molecule has 0 bridgehead atoms. The quantitative estimate of drug-likeness (QED) is 0.468. The Kier molecular flexibility index (Phi) is 6.26. The first-order valence-electron chi connectivity index (χ1n) is 9.89. The molecule has 172 valence electrons. The molecule has 0 radical (unpaired) electrons. The standard InChI is InChI=1S/C23H24FN5O4/c1-23(2,3)33-22(31)29(5)20-17-18(28(4)12-26-17)16(19(25)27-20)8-7-13-9-14(21(30)32-6)11-15(24)10-13/h9-12H,1-6H3,(H2,25,27). The molecule has 0 fully saturated rings. The van der Waals surface area contributed by atoms with Gasteiger partial charge in [0, 0.05) is 19.7 Å². The number of esters is 1. The summed E-state index contributed by atoms with van der Waals surface area (Å²) >= 11 is 0. The maximum atomic E-state index is 14.0. The molecule has 0 saturated heterocycles. The van der Waals surface area contributed by atoms with E-state index in [4.69, 9.17) is 10.5 Å². The molecule has 2 N–H and O–H groups in total. The van der Waals surface area contributed by atoms with E-state index in [9.17, 15) is 14.0 Å². The van der Waals surface area contributed by atoms with Crippen molar-refractivity contribution in [1.82, 2.24) is 14.5 Å².